The number of halogens is 1. The number of hydrogen-bond acceptors (Lipinski definition) is 2. The first-order valence-corrected chi connectivity index (χ1v) is 5.99. The second-order valence-electron chi connectivity index (χ2n) is 5.18. The van der Waals surface area contributed by atoms with Crippen LogP contribution in [0.15, 0.2) is 0 Å². The van der Waals surface area contributed by atoms with E-state index in [1.54, 1.807) is 0 Å². The van der Waals surface area contributed by atoms with Crippen LogP contribution in [0, 0.1) is 17.8 Å². The minimum Gasteiger partial charge on any atom is -0.359 e. The van der Waals surface area contributed by atoms with Gasteiger partial charge in [0.1, 0.15) is 11.8 Å². The SMILES string of the molecule is O=C1C2CC3CC1CC(OCCl)(C3)C2. The summed E-state index contributed by atoms with van der Waals surface area (Å²) in [5.41, 5.74) is -0.0217. The molecule has 0 aromatic rings. The third kappa shape index (κ3) is 1.17. The fourth-order valence-electron chi connectivity index (χ4n) is 3.97. The zero-order valence-electron chi connectivity index (χ0n) is 8.17. The van der Waals surface area contributed by atoms with Gasteiger partial charge in [-0.15, -0.1) is 0 Å². The Balaban J connectivity index is 1.88. The van der Waals surface area contributed by atoms with Gasteiger partial charge in [0.05, 0.1) is 5.60 Å². The number of carbonyl (C=O) groups is 1. The lowest BCUT2D eigenvalue weighted by Gasteiger charge is -2.54. The fourth-order valence-corrected chi connectivity index (χ4v) is 4.20. The molecule has 2 atom stereocenters. The Labute approximate surface area is 88.9 Å². The minimum atomic E-state index is -0.0217. The van der Waals surface area contributed by atoms with E-state index in [9.17, 15) is 4.79 Å². The standard InChI is InChI=1S/C11H15ClO2/c12-6-14-11-3-7-1-8(4-11)10(13)9(2-7)5-11/h7-9H,1-6H2. The molecule has 0 spiro atoms. The monoisotopic (exact) mass is 214 g/mol. The lowest BCUT2D eigenvalue weighted by molar-refractivity contribution is -0.170. The Morgan fingerprint density at radius 2 is 1.93 bits per heavy atom. The molecule has 4 aliphatic rings. The van der Waals surface area contributed by atoms with E-state index in [-0.39, 0.29) is 11.7 Å². The van der Waals surface area contributed by atoms with Crippen molar-refractivity contribution >= 4 is 17.4 Å². The number of alkyl halides is 1. The average Bonchev–Trinajstić information content (AvgIpc) is 2.12. The predicted octanol–water partition coefficient (Wildman–Crippen LogP) is 2.35. The zero-order chi connectivity index (χ0) is 9.76. The molecular formula is C11H15ClO2. The third-order valence-electron chi connectivity index (χ3n) is 4.30. The highest BCUT2D eigenvalue weighted by atomic mass is 35.5. The molecule has 0 aromatic heterocycles. The number of rotatable bonds is 2. The predicted molar refractivity (Wildman–Crippen MR) is 53.1 cm³/mol. The van der Waals surface area contributed by atoms with Crippen LogP contribution in [-0.2, 0) is 9.53 Å². The molecule has 0 amide bonds. The molecule has 4 rings (SSSR count). The molecule has 4 fully saturated rings. The van der Waals surface area contributed by atoms with Crippen molar-refractivity contribution in [2.75, 3.05) is 6.07 Å². The van der Waals surface area contributed by atoms with Crippen molar-refractivity contribution in [2.45, 2.75) is 37.7 Å². The maximum Gasteiger partial charge on any atom is 0.139 e. The molecule has 0 N–H and O–H groups in total. The Kier molecular flexibility index (Phi) is 1.94. The summed E-state index contributed by atoms with van der Waals surface area (Å²) in [6, 6.07) is 0.278. The number of hydrogen-bond donors (Lipinski definition) is 0. The van der Waals surface area contributed by atoms with Crippen molar-refractivity contribution in [1.29, 1.82) is 0 Å². The minimum absolute atomic E-state index is 0.0217. The highest BCUT2D eigenvalue weighted by Gasteiger charge is 2.55. The van der Waals surface area contributed by atoms with Gasteiger partial charge in [-0.3, -0.25) is 4.79 Å². The normalized spacial score (nSPS) is 50.1. The molecule has 2 unspecified atom stereocenters. The second-order valence-corrected chi connectivity index (χ2v) is 5.40. The van der Waals surface area contributed by atoms with Gasteiger partial charge in [-0.1, -0.05) is 11.6 Å². The lowest BCUT2D eigenvalue weighted by Crippen LogP contribution is -2.56. The van der Waals surface area contributed by atoms with E-state index in [0.29, 0.717) is 17.6 Å². The van der Waals surface area contributed by atoms with Gasteiger partial charge in [0, 0.05) is 11.8 Å². The van der Waals surface area contributed by atoms with E-state index in [0.717, 1.165) is 38.0 Å². The van der Waals surface area contributed by atoms with Crippen molar-refractivity contribution < 1.29 is 9.53 Å². The van der Waals surface area contributed by atoms with E-state index in [2.05, 4.69) is 0 Å². The molecule has 4 saturated carbocycles. The van der Waals surface area contributed by atoms with Crippen LogP contribution in [0.4, 0.5) is 0 Å². The highest BCUT2D eigenvalue weighted by molar-refractivity contribution is 6.17. The molecule has 0 saturated heterocycles. The van der Waals surface area contributed by atoms with Gasteiger partial charge in [-0.05, 0) is 38.0 Å². The number of ether oxygens (including phenoxy) is 1. The summed E-state index contributed by atoms with van der Waals surface area (Å²) >= 11 is 5.67. The summed E-state index contributed by atoms with van der Waals surface area (Å²) in [6.45, 7) is 0. The number of carbonyl (C=O) groups excluding carboxylic acids is 1. The van der Waals surface area contributed by atoms with Crippen LogP contribution in [0.1, 0.15) is 32.1 Å². The Morgan fingerprint density at radius 3 is 2.50 bits per heavy atom. The van der Waals surface area contributed by atoms with E-state index in [4.69, 9.17) is 16.3 Å². The Bertz CT molecular complexity index is 258. The summed E-state index contributed by atoms with van der Waals surface area (Å²) in [6.07, 6.45) is 5.24. The molecule has 2 nitrogen and oxygen atoms in total. The van der Waals surface area contributed by atoms with Crippen LogP contribution in [0.25, 0.3) is 0 Å². The molecule has 0 aromatic carbocycles. The number of Topliss-reactive ketones (excluding diaryl/α,β-unsaturated/α-hetero) is 1. The maximum absolute atomic E-state index is 11.8. The van der Waals surface area contributed by atoms with Crippen molar-refractivity contribution in [3.63, 3.8) is 0 Å². The molecular weight excluding hydrogens is 200 g/mol. The first-order valence-electron chi connectivity index (χ1n) is 5.46. The van der Waals surface area contributed by atoms with Gasteiger partial charge < -0.3 is 4.74 Å². The fraction of sp³-hybridized carbons (Fsp3) is 0.909. The van der Waals surface area contributed by atoms with Crippen molar-refractivity contribution in [3.05, 3.63) is 0 Å². The quantitative estimate of drug-likeness (QED) is 0.660. The summed E-state index contributed by atoms with van der Waals surface area (Å²) in [7, 11) is 0. The summed E-state index contributed by atoms with van der Waals surface area (Å²) in [5.74, 6) is 1.83. The van der Waals surface area contributed by atoms with Crippen LogP contribution in [0.5, 0.6) is 0 Å². The first-order chi connectivity index (χ1) is 6.72. The van der Waals surface area contributed by atoms with Gasteiger partial charge in [-0.25, -0.2) is 0 Å². The van der Waals surface area contributed by atoms with Crippen LogP contribution in [0.2, 0.25) is 0 Å². The topological polar surface area (TPSA) is 26.3 Å². The maximum atomic E-state index is 11.8. The van der Waals surface area contributed by atoms with Crippen molar-refractivity contribution in [3.8, 4) is 0 Å². The molecule has 4 aliphatic carbocycles. The molecule has 78 valence electrons. The van der Waals surface area contributed by atoms with Gasteiger partial charge in [0.15, 0.2) is 0 Å². The molecule has 0 radical (unpaired) electrons. The highest BCUT2D eigenvalue weighted by Crippen LogP contribution is 2.55. The van der Waals surface area contributed by atoms with E-state index >= 15 is 0 Å². The van der Waals surface area contributed by atoms with Gasteiger partial charge >= 0.3 is 0 Å². The third-order valence-corrected chi connectivity index (χ3v) is 4.41. The summed E-state index contributed by atoms with van der Waals surface area (Å²) in [4.78, 5) is 11.8. The van der Waals surface area contributed by atoms with Gasteiger partial charge in [-0.2, -0.15) is 0 Å². The van der Waals surface area contributed by atoms with Crippen molar-refractivity contribution in [2.24, 2.45) is 17.8 Å². The molecule has 4 bridgehead atoms. The second kappa shape index (κ2) is 2.96. The first kappa shape index (κ1) is 9.17. The van der Waals surface area contributed by atoms with Crippen LogP contribution >= 0.6 is 11.6 Å². The Hall–Kier alpha value is -0.0800. The zero-order valence-corrected chi connectivity index (χ0v) is 8.93. The average molecular weight is 215 g/mol. The van der Waals surface area contributed by atoms with E-state index < -0.39 is 0 Å². The number of ketones is 1. The van der Waals surface area contributed by atoms with Gasteiger partial charge in [0.25, 0.3) is 0 Å². The summed E-state index contributed by atoms with van der Waals surface area (Å²) in [5, 5.41) is 0. The van der Waals surface area contributed by atoms with E-state index in [1.807, 2.05) is 0 Å². The van der Waals surface area contributed by atoms with Crippen molar-refractivity contribution in [1.82, 2.24) is 0 Å². The summed E-state index contributed by atoms with van der Waals surface area (Å²) < 4.78 is 5.70. The largest absolute Gasteiger partial charge is 0.359 e. The van der Waals surface area contributed by atoms with Crippen LogP contribution < -0.4 is 0 Å². The van der Waals surface area contributed by atoms with Crippen LogP contribution in [-0.4, -0.2) is 17.5 Å². The smallest absolute Gasteiger partial charge is 0.139 e. The van der Waals surface area contributed by atoms with Crippen LogP contribution in [0.3, 0.4) is 0 Å². The molecule has 14 heavy (non-hydrogen) atoms. The Morgan fingerprint density at radius 1 is 1.29 bits per heavy atom. The molecule has 3 heteroatoms. The van der Waals surface area contributed by atoms with Gasteiger partial charge in [0.2, 0.25) is 0 Å². The molecule has 0 aliphatic heterocycles. The molecule has 0 heterocycles. The lowest BCUT2D eigenvalue weighted by atomic mass is 9.53. The van der Waals surface area contributed by atoms with E-state index in [1.165, 1.54) is 0 Å².